The van der Waals surface area contributed by atoms with Crippen molar-refractivity contribution in [3.63, 3.8) is 0 Å². The van der Waals surface area contributed by atoms with E-state index in [0.717, 1.165) is 11.1 Å². The molecule has 0 saturated carbocycles. The molecule has 82 valence electrons. The van der Waals surface area contributed by atoms with Crippen molar-refractivity contribution in [2.75, 3.05) is 6.54 Å². The first-order valence-corrected chi connectivity index (χ1v) is 4.69. The minimum absolute atomic E-state index is 0.156. The first-order chi connectivity index (χ1) is 7.11. The van der Waals surface area contributed by atoms with Gasteiger partial charge in [0.25, 0.3) is 0 Å². The van der Waals surface area contributed by atoms with E-state index in [1.807, 2.05) is 13.0 Å². The van der Waals surface area contributed by atoms with Crippen LogP contribution in [0.15, 0.2) is 18.5 Å². The first kappa shape index (κ1) is 11.6. The third kappa shape index (κ3) is 3.65. The van der Waals surface area contributed by atoms with Crippen LogP contribution in [0.1, 0.15) is 11.1 Å². The van der Waals surface area contributed by atoms with E-state index >= 15 is 0 Å². The molecule has 0 aliphatic carbocycles. The van der Waals surface area contributed by atoms with Crippen LogP contribution in [0.25, 0.3) is 0 Å². The van der Waals surface area contributed by atoms with Crippen molar-refractivity contribution in [1.82, 2.24) is 10.3 Å². The summed E-state index contributed by atoms with van der Waals surface area (Å²) in [5.74, 6) is -0.717. The van der Waals surface area contributed by atoms with Crippen molar-refractivity contribution in [3.05, 3.63) is 29.6 Å². The molecule has 0 saturated heterocycles. The molecule has 0 radical (unpaired) electrons. The van der Waals surface area contributed by atoms with Crippen LogP contribution in [-0.2, 0) is 11.3 Å². The highest BCUT2D eigenvalue weighted by Gasteiger charge is 2.09. The number of nitrogens with one attached hydrogen (secondary N) is 1. The lowest BCUT2D eigenvalue weighted by Gasteiger charge is -2.09. The minimum atomic E-state index is -1.14. The molecule has 0 bridgehead atoms. The summed E-state index contributed by atoms with van der Waals surface area (Å²) < 4.78 is 0. The van der Waals surface area contributed by atoms with Crippen LogP contribution in [0, 0.1) is 6.92 Å². The summed E-state index contributed by atoms with van der Waals surface area (Å²) in [5.41, 5.74) is 7.06. The molecule has 0 fully saturated rings. The lowest BCUT2D eigenvalue weighted by molar-refractivity contribution is -0.125. The topological polar surface area (TPSA) is 88.2 Å². The van der Waals surface area contributed by atoms with Gasteiger partial charge in [0.15, 0.2) is 0 Å². The number of amides is 1. The predicted molar refractivity (Wildman–Crippen MR) is 55.9 cm³/mol. The van der Waals surface area contributed by atoms with Crippen molar-refractivity contribution in [2.45, 2.75) is 19.6 Å². The van der Waals surface area contributed by atoms with Gasteiger partial charge in [-0.2, -0.15) is 0 Å². The van der Waals surface area contributed by atoms with Gasteiger partial charge in [0.05, 0.1) is 0 Å². The molecule has 1 unspecified atom stereocenters. The van der Waals surface area contributed by atoms with E-state index in [9.17, 15) is 4.79 Å². The van der Waals surface area contributed by atoms with Gasteiger partial charge in [0.1, 0.15) is 6.10 Å². The second-order valence-electron chi connectivity index (χ2n) is 3.35. The maximum atomic E-state index is 10.5. The van der Waals surface area contributed by atoms with Crippen LogP contribution in [0.5, 0.6) is 0 Å². The van der Waals surface area contributed by atoms with Gasteiger partial charge in [-0.15, -0.1) is 0 Å². The molecule has 1 heterocycles. The number of rotatable bonds is 5. The van der Waals surface area contributed by atoms with Crippen molar-refractivity contribution < 1.29 is 9.90 Å². The number of pyridine rings is 1. The fourth-order valence-corrected chi connectivity index (χ4v) is 1.13. The molecule has 0 aliphatic rings. The molecule has 1 amide bonds. The average molecular weight is 209 g/mol. The SMILES string of the molecule is Cc1ccncc1CNCC(O)C(N)=O. The molecule has 0 spiro atoms. The third-order valence-corrected chi connectivity index (χ3v) is 2.13. The molecule has 0 aliphatic heterocycles. The van der Waals surface area contributed by atoms with Crippen LogP contribution in [0.2, 0.25) is 0 Å². The Labute approximate surface area is 88.3 Å². The Kier molecular flexibility index (Phi) is 4.20. The monoisotopic (exact) mass is 209 g/mol. The van der Waals surface area contributed by atoms with Gasteiger partial charge in [-0.1, -0.05) is 0 Å². The lowest BCUT2D eigenvalue weighted by Crippen LogP contribution is -2.37. The number of carbonyl (C=O) groups is 1. The Morgan fingerprint density at radius 3 is 3.07 bits per heavy atom. The number of nitrogens with zero attached hydrogens (tertiary/aromatic N) is 1. The maximum Gasteiger partial charge on any atom is 0.247 e. The van der Waals surface area contributed by atoms with Crippen LogP contribution in [-0.4, -0.2) is 28.6 Å². The molecule has 5 nitrogen and oxygen atoms in total. The highest BCUT2D eigenvalue weighted by Crippen LogP contribution is 2.03. The van der Waals surface area contributed by atoms with Crippen LogP contribution in [0.4, 0.5) is 0 Å². The van der Waals surface area contributed by atoms with E-state index in [0.29, 0.717) is 6.54 Å². The Hall–Kier alpha value is -1.46. The number of aliphatic hydroxyl groups is 1. The Bertz CT molecular complexity index is 341. The number of nitrogens with two attached hydrogens (primary N) is 1. The molecule has 1 aromatic rings. The fraction of sp³-hybridized carbons (Fsp3) is 0.400. The molecule has 1 aromatic heterocycles. The standard InChI is InChI=1S/C10H15N3O2/c1-7-2-3-12-4-8(7)5-13-6-9(14)10(11)15/h2-4,9,13-14H,5-6H2,1H3,(H2,11,15). The largest absolute Gasteiger partial charge is 0.382 e. The van der Waals surface area contributed by atoms with Crippen LogP contribution in [0.3, 0.4) is 0 Å². The van der Waals surface area contributed by atoms with Crippen molar-refractivity contribution in [2.24, 2.45) is 5.73 Å². The zero-order valence-electron chi connectivity index (χ0n) is 8.60. The average Bonchev–Trinajstić information content (AvgIpc) is 2.20. The quantitative estimate of drug-likeness (QED) is 0.600. The van der Waals surface area contributed by atoms with Crippen molar-refractivity contribution in [1.29, 1.82) is 0 Å². The normalized spacial score (nSPS) is 12.4. The number of aromatic nitrogens is 1. The van der Waals surface area contributed by atoms with Gasteiger partial charge < -0.3 is 16.2 Å². The van der Waals surface area contributed by atoms with Gasteiger partial charge in [0, 0.05) is 25.5 Å². The molecule has 0 aromatic carbocycles. The van der Waals surface area contributed by atoms with Crippen LogP contribution >= 0.6 is 0 Å². The number of hydrogen-bond acceptors (Lipinski definition) is 4. The van der Waals surface area contributed by atoms with Gasteiger partial charge in [-0.3, -0.25) is 9.78 Å². The number of carbonyl (C=O) groups excluding carboxylic acids is 1. The number of hydrogen-bond donors (Lipinski definition) is 3. The maximum absolute atomic E-state index is 10.5. The van der Waals surface area contributed by atoms with E-state index in [-0.39, 0.29) is 6.54 Å². The zero-order valence-corrected chi connectivity index (χ0v) is 8.60. The summed E-state index contributed by atoms with van der Waals surface area (Å²) in [5, 5.41) is 12.1. The molecule has 4 N–H and O–H groups in total. The second kappa shape index (κ2) is 5.43. The van der Waals surface area contributed by atoms with Crippen molar-refractivity contribution in [3.8, 4) is 0 Å². The van der Waals surface area contributed by atoms with Gasteiger partial charge in [-0.25, -0.2) is 0 Å². The predicted octanol–water partition coefficient (Wildman–Crippen LogP) is -0.674. The summed E-state index contributed by atoms with van der Waals surface area (Å²) >= 11 is 0. The fourth-order valence-electron chi connectivity index (χ4n) is 1.13. The van der Waals surface area contributed by atoms with Crippen LogP contribution < -0.4 is 11.1 Å². The van der Waals surface area contributed by atoms with E-state index in [1.165, 1.54) is 0 Å². The minimum Gasteiger partial charge on any atom is -0.382 e. The van der Waals surface area contributed by atoms with E-state index in [4.69, 9.17) is 10.8 Å². The van der Waals surface area contributed by atoms with Gasteiger partial charge >= 0.3 is 0 Å². The highest BCUT2D eigenvalue weighted by atomic mass is 16.3. The van der Waals surface area contributed by atoms with Gasteiger partial charge in [-0.05, 0) is 24.1 Å². The summed E-state index contributed by atoms with van der Waals surface area (Å²) in [6, 6.07) is 1.90. The summed E-state index contributed by atoms with van der Waals surface area (Å²) in [4.78, 5) is 14.5. The first-order valence-electron chi connectivity index (χ1n) is 4.69. The molecule has 1 rings (SSSR count). The van der Waals surface area contributed by atoms with Gasteiger partial charge in [0.2, 0.25) is 5.91 Å². The number of primary amides is 1. The summed E-state index contributed by atoms with van der Waals surface area (Å²) in [7, 11) is 0. The molecule has 5 heteroatoms. The Balaban J connectivity index is 2.38. The second-order valence-corrected chi connectivity index (χ2v) is 3.35. The highest BCUT2D eigenvalue weighted by molar-refractivity contribution is 5.78. The van der Waals surface area contributed by atoms with Crippen molar-refractivity contribution >= 4 is 5.91 Å². The third-order valence-electron chi connectivity index (χ3n) is 2.13. The van der Waals surface area contributed by atoms with E-state index < -0.39 is 12.0 Å². The summed E-state index contributed by atoms with van der Waals surface area (Å²) in [6.07, 6.45) is 2.33. The smallest absolute Gasteiger partial charge is 0.247 e. The Morgan fingerprint density at radius 2 is 2.47 bits per heavy atom. The van der Waals surface area contributed by atoms with E-state index in [1.54, 1.807) is 12.4 Å². The molecular formula is C10H15N3O2. The molecule has 1 atom stereocenters. The molecule has 15 heavy (non-hydrogen) atoms. The Morgan fingerprint density at radius 1 is 1.73 bits per heavy atom. The number of aryl methyl sites for hydroxylation is 1. The lowest BCUT2D eigenvalue weighted by atomic mass is 10.1. The van der Waals surface area contributed by atoms with E-state index in [2.05, 4.69) is 10.3 Å². The zero-order chi connectivity index (χ0) is 11.3. The number of aliphatic hydroxyl groups excluding tert-OH is 1. The molecular weight excluding hydrogens is 194 g/mol. The summed E-state index contributed by atoms with van der Waals surface area (Å²) in [6.45, 7) is 2.69.